The van der Waals surface area contributed by atoms with Crippen molar-refractivity contribution in [3.8, 4) is 29.1 Å². The molecule has 194 valence electrons. The minimum absolute atomic E-state index is 0.00391. The van der Waals surface area contributed by atoms with Gasteiger partial charge in [-0.15, -0.1) is 0 Å². The normalized spacial score (nSPS) is 14.0. The van der Waals surface area contributed by atoms with E-state index in [1.807, 2.05) is 61.5 Å². The zero-order chi connectivity index (χ0) is 27.2. The number of carbonyl (C=O) groups excluding carboxylic acids is 1. The summed E-state index contributed by atoms with van der Waals surface area (Å²) >= 11 is 0. The first kappa shape index (κ1) is 25.4. The van der Waals surface area contributed by atoms with E-state index >= 15 is 0 Å². The Bertz CT molecular complexity index is 1570. The Morgan fingerprint density at radius 3 is 2.51 bits per heavy atom. The number of carbonyl (C=O) groups is 1. The zero-order valence-electron chi connectivity index (χ0n) is 21.3. The van der Waals surface area contributed by atoms with E-state index in [-0.39, 0.29) is 17.2 Å². The first-order valence-corrected chi connectivity index (χ1v) is 12.5. The van der Waals surface area contributed by atoms with E-state index in [1.165, 1.54) is 0 Å². The smallest absolute Gasteiger partial charge is 0.347 e. The minimum atomic E-state index is -0.559. The monoisotopic (exact) mass is 518 g/mol. The van der Waals surface area contributed by atoms with E-state index in [0.29, 0.717) is 36.0 Å². The molecule has 39 heavy (non-hydrogen) atoms. The van der Waals surface area contributed by atoms with Crippen molar-refractivity contribution in [2.24, 2.45) is 5.73 Å². The predicted octanol–water partition coefficient (Wildman–Crippen LogP) is 6.10. The lowest BCUT2D eigenvalue weighted by atomic mass is 9.83. The second kappa shape index (κ2) is 11.4. The van der Waals surface area contributed by atoms with Gasteiger partial charge >= 0.3 is 5.97 Å². The van der Waals surface area contributed by atoms with Crippen LogP contribution >= 0.6 is 0 Å². The van der Waals surface area contributed by atoms with Crippen molar-refractivity contribution in [1.82, 2.24) is 0 Å². The maximum absolute atomic E-state index is 12.9. The van der Waals surface area contributed by atoms with Crippen molar-refractivity contribution in [2.45, 2.75) is 19.4 Å². The summed E-state index contributed by atoms with van der Waals surface area (Å²) < 4.78 is 23.0. The summed E-state index contributed by atoms with van der Waals surface area (Å²) in [4.78, 5) is 12.9. The Balaban J connectivity index is 1.42. The topological polar surface area (TPSA) is 104 Å². The van der Waals surface area contributed by atoms with E-state index < -0.39 is 11.9 Å². The molecule has 7 nitrogen and oxygen atoms in total. The van der Waals surface area contributed by atoms with E-state index in [2.05, 4.69) is 6.07 Å². The van der Waals surface area contributed by atoms with Crippen LogP contribution in [0.4, 0.5) is 0 Å². The predicted molar refractivity (Wildman–Crippen MR) is 146 cm³/mol. The number of allylic oxidation sites excluding steroid dienone is 1. The molecule has 1 atom stereocenters. The standard InChI is InChI=1S/C32H26N2O5/c1-2-36-28-14-7-6-13-26(28)32(35)38-24-15-16-25-29(18-24)39-31(34)27(19-33)30(25)22-11-8-12-23(17-22)37-20-21-9-4-3-5-10-21/h3-18,30H,2,20,34H2,1H3. The van der Waals surface area contributed by atoms with Gasteiger partial charge in [-0.3, -0.25) is 0 Å². The fraction of sp³-hybridized carbons (Fsp3) is 0.125. The molecule has 2 N–H and O–H groups in total. The highest BCUT2D eigenvalue weighted by Gasteiger charge is 2.31. The lowest BCUT2D eigenvalue weighted by Crippen LogP contribution is -2.21. The first-order valence-electron chi connectivity index (χ1n) is 12.5. The number of nitrogens with zero attached hydrogens (tertiary/aromatic N) is 1. The van der Waals surface area contributed by atoms with Crippen LogP contribution in [0.25, 0.3) is 0 Å². The van der Waals surface area contributed by atoms with Gasteiger partial charge in [0.2, 0.25) is 5.88 Å². The Kier molecular flexibility index (Phi) is 7.46. The summed E-state index contributed by atoms with van der Waals surface area (Å²) in [6.07, 6.45) is 0. The molecule has 0 saturated heterocycles. The van der Waals surface area contributed by atoms with Gasteiger partial charge in [-0.25, -0.2) is 4.79 Å². The van der Waals surface area contributed by atoms with Crippen LogP contribution in [0, 0.1) is 11.3 Å². The SMILES string of the molecule is CCOc1ccccc1C(=O)Oc1ccc2c(c1)OC(N)=C(C#N)C2c1cccc(OCc2ccccc2)c1. The van der Waals surface area contributed by atoms with Gasteiger partial charge in [-0.2, -0.15) is 5.26 Å². The van der Waals surface area contributed by atoms with E-state index in [1.54, 1.807) is 42.5 Å². The second-order valence-corrected chi connectivity index (χ2v) is 8.79. The summed E-state index contributed by atoms with van der Waals surface area (Å²) in [6.45, 7) is 2.68. The fourth-order valence-electron chi connectivity index (χ4n) is 4.45. The lowest BCUT2D eigenvalue weighted by molar-refractivity contribution is 0.0730. The van der Waals surface area contributed by atoms with Gasteiger partial charge in [0.05, 0.1) is 12.5 Å². The van der Waals surface area contributed by atoms with Gasteiger partial charge in [-0.05, 0) is 48.4 Å². The lowest BCUT2D eigenvalue weighted by Gasteiger charge is -2.27. The Labute approximate surface area is 226 Å². The molecule has 0 bridgehead atoms. The molecule has 1 aliphatic rings. The number of nitrogens with two attached hydrogens (primary N) is 1. The zero-order valence-corrected chi connectivity index (χ0v) is 21.3. The molecular weight excluding hydrogens is 492 g/mol. The van der Waals surface area contributed by atoms with Crippen LogP contribution in [-0.4, -0.2) is 12.6 Å². The molecule has 0 fully saturated rings. The molecule has 1 aliphatic heterocycles. The third-order valence-corrected chi connectivity index (χ3v) is 6.25. The number of rotatable bonds is 8. The van der Waals surface area contributed by atoms with E-state index in [0.717, 1.165) is 16.7 Å². The average Bonchev–Trinajstić information content (AvgIpc) is 2.96. The number of hydrogen-bond acceptors (Lipinski definition) is 7. The maximum Gasteiger partial charge on any atom is 0.347 e. The quantitative estimate of drug-likeness (QED) is 0.222. The average molecular weight is 519 g/mol. The molecule has 0 saturated carbocycles. The number of hydrogen-bond donors (Lipinski definition) is 1. The van der Waals surface area contributed by atoms with Crippen LogP contribution in [0.3, 0.4) is 0 Å². The third-order valence-electron chi connectivity index (χ3n) is 6.25. The van der Waals surface area contributed by atoms with Crippen LogP contribution in [0.2, 0.25) is 0 Å². The molecule has 5 rings (SSSR count). The molecule has 4 aromatic rings. The van der Waals surface area contributed by atoms with E-state index in [4.69, 9.17) is 24.7 Å². The highest BCUT2D eigenvalue weighted by molar-refractivity contribution is 5.94. The van der Waals surface area contributed by atoms with Gasteiger partial charge in [0.15, 0.2) is 0 Å². The number of esters is 1. The molecule has 0 spiro atoms. The van der Waals surface area contributed by atoms with Crippen molar-refractivity contribution in [3.63, 3.8) is 0 Å². The van der Waals surface area contributed by atoms with Gasteiger partial charge in [0.1, 0.15) is 46.8 Å². The van der Waals surface area contributed by atoms with Crippen LogP contribution in [-0.2, 0) is 6.61 Å². The third kappa shape index (κ3) is 5.55. The van der Waals surface area contributed by atoms with Crippen molar-refractivity contribution in [1.29, 1.82) is 5.26 Å². The van der Waals surface area contributed by atoms with Gasteiger partial charge in [-0.1, -0.05) is 60.7 Å². The largest absolute Gasteiger partial charge is 0.493 e. The van der Waals surface area contributed by atoms with Gasteiger partial charge in [0, 0.05) is 11.6 Å². The molecule has 1 heterocycles. The molecule has 0 aromatic heterocycles. The van der Waals surface area contributed by atoms with Crippen LogP contribution in [0.15, 0.2) is 109 Å². The van der Waals surface area contributed by atoms with Gasteiger partial charge < -0.3 is 24.7 Å². The Hall–Kier alpha value is -5.22. The summed E-state index contributed by atoms with van der Waals surface area (Å²) in [7, 11) is 0. The maximum atomic E-state index is 12.9. The summed E-state index contributed by atoms with van der Waals surface area (Å²) in [5.41, 5.74) is 9.37. The molecule has 0 aliphatic carbocycles. The number of nitriles is 1. The molecule has 7 heteroatoms. The highest BCUT2D eigenvalue weighted by Crippen LogP contribution is 2.44. The van der Waals surface area contributed by atoms with Crippen LogP contribution in [0.5, 0.6) is 23.0 Å². The number of ether oxygens (including phenoxy) is 4. The fourth-order valence-corrected chi connectivity index (χ4v) is 4.45. The second-order valence-electron chi connectivity index (χ2n) is 8.79. The molecular formula is C32H26N2O5. The highest BCUT2D eigenvalue weighted by atomic mass is 16.5. The summed E-state index contributed by atoms with van der Waals surface area (Å²) in [6, 6.07) is 31.6. The number of benzene rings is 4. The molecule has 4 aromatic carbocycles. The summed E-state index contributed by atoms with van der Waals surface area (Å²) in [5.74, 6) is 0.736. The Morgan fingerprint density at radius 1 is 0.923 bits per heavy atom. The first-order chi connectivity index (χ1) is 19.1. The number of fused-ring (bicyclic) bond motifs is 1. The molecule has 0 amide bonds. The molecule has 0 radical (unpaired) electrons. The Morgan fingerprint density at radius 2 is 1.72 bits per heavy atom. The van der Waals surface area contributed by atoms with Gasteiger partial charge in [0.25, 0.3) is 0 Å². The molecule has 1 unspecified atom stereocenters. The van der Waals surface area contributed by atoms with Crippen molar-refractivity contribution in [2.75, 3.05) is 6.61 Å². The minimum Gasteiger partial charge on any atom is -0.493 e. The van der Waals surface area contributed by atoms with Crippen molar-refractivity contribution >= 4 is 5.97 Å². The van der Waals surface area contributed by atoms with E-state index in [9.17, 15) is 10.1 Å². The van der Waals surface area contributed by atoms with Crippen molar-refractivity contribution < 1.29 is 23.7 Å². The van der Waals surface area contributed by atoms with Crippen LogP contribution < -0.4 is 24.7 Å². The summed E-state index contributed by atoms with van der Waals surface area (Å²) in [5, 5.41) is 9.93. The van der Waals surface area contributed by atoms with Crippen molar-refractivity contribution in [3.05, 3.63) is 131 Å². The number of para-hydroxylation sites is 1. The van der Waals surface area contributed by atoms with Crippen LogP contribution in [0.1, 0.15) is 39.9 Å².